The van der Waals surface area contributed by atoms with Crippen LogP contribution < -0.4 is 14.2 Å². The Morgan fingerprint density at radius 2 is 0.929 bits per heavy atom. The zero-order chi connectivity index (χ0) is 85.8. The number of non-ortho nitro benzene ring substituents is 1. The number of nitrogens with zero attached hydrogens (tertiary/aromatic N) is 11. The van der Waals surface area contributed by atoms with Crippen LogP contribution >= 0.6 is 0 Å². The van der Waals surface area contributed by atoms with E-state index in [0.29, 0.717) is 65.3 Å². The molecule has 0 radical (unpaired) electrons. The number of imidazole rings is 1. The summed E-state index contributed by atoms with van der Waals surface area (Å²) in [6, 6.07) is 30.8. The maximum absolute atomic E-state index is 14.1. The van der Waals surface area contributed by atoms with E-state index in [0.717, 1.165) is 51.5 Å². The fourth-order valence-corrected chi connectivity index (χ4v) is 11.2. The van der Waals surface area contributed by atoms with Gasteiger partial charge in [-0.05, 0) is 120 Å². The highest BCUT2D eigenvalue weighted by molar-refractivity contribution is 7.90. The average Bonchev–Trinajstić information content (AvgIpc) is 1.81. The maximum atomic E-state index is 14.1. The second kappa shape index (κ2) is 39.9. The number of sulfone groups is 1. The van der Waals surface area contributed by atoms with Gasteiger partial charge in [0.25, 0.3) is 23.2 Å². The number of halogens is 2. The molecule has 0 spiro atoms. The van der Waals surface area contributed by atoms with Gasteiger partial charge in [-0.2, -0.15) is 4.80 Å². The third-order valence-electron chi connectivity index (χ3n) is 17.8. The molecule has 6 heterocycles. The van der Waals surface area contributed by atoms with Crippen molar-refractivity contribution in [1.82, 2.24) is 44.5 Å². The topological polar surface area (TPSA) is 281 Å². The zero-order valence-corrected chi connectivity index (χ0v) is 72.7. The Kier molecular flexibility index (Phi) is 33.8. The summed E-state index contributed by atoms with van der Waals surface area (Å²) in [5.74, 6) is 1.51. The molecule has 27 heteroatoms. The van der Waals surface area contributed by atoms with Crippen LogP contribution in [0.1, 0.15) is 232 Å². The third kappa shape index (κ3) is 31.0. The lowest BCUT2D eigenvalue weighted by molar-refractivity contribution is -0.385. The van der Waals surface area contributed by atoms with Crippen LogP contribution in [-0.4, -0.2) is 147 Å². The van der Waals surface area contributed by atoms with Crippen LogP contribution in [0.5, 0.6) is 17.4 Å². The van der Waals surface area contributed by atoms with Gasteiger partial charge in [0.05, 0.1) is 68.0 Å². The van der Waals surface area contributed by atoms with E-state index in [9.17, 15) is 47.0 Å². The molecule has 5 aromatic carbocycles. The number of methoxy groups -OCH3 is 1. The monoisotopic (exact) mass is 1590 g/mol. The number of carbonyl (C=O) groups excluding carboxylic acids is 2. The number of nitro benzene ring substituents is 2. The number of ether oxygens (including phenoxy) is 5. The summed E-state index contributed by atoms with van der Waals surface area (Å²) in [5.41, 5.74) is 7.69. The quantitative estimate of drug-likeness (QED) is 0.110. The predicted octanol–water partition coefficient (Wildman–Crippen LogP) is 17.7. The van der Waals surface area contributed by atoms with Gasteiger partial charge in [0.1, 0.15) is 22.1 Å². The van der Waals surface area contributed by atoms with Gasteiger partial charge in [0, 0.05) is 87.0 Å². The van der Waals surface area contributed by atoms with Crippen LogP contribution in [0.15, 0.2) is 133 Å². The molecule has 24 nitrogen and oxygen atoms in total. The van der Waals surface area contributed by atoms with Crippen molar-refractivity contribution in [2.24, 2.45) is 14.1 Å². The molecule has 113 heavy (non-hydrogen) atoms. The molecule has 3 aliphatic rings. The van der Waals surface area contributed by atoms with E-state index in [2.05, 4.69) is 148 Å². The molecule has 0 bridgehead atoms. The molecule has 620 valence electrons. The zero-order valence-electron chi connectivity index (χ0n) is 71.9. The van der Waals surface area contributed by atoms with Gasteiger partial charge < -0.3 is 38.1 Å². The number of rotatable bonds is 6. The number of aromatic nitrogens is 7. The Labute approximate surface area is 669 Å². The third-order valence-corrected chi connectivity index (χ3v) is 18.9. The van der Waals surface area contributed by atoms with Gasteiger partial charge in [-0.3, -0.25) is 29.8 Å². The summed E-state index contributed by atoms with van der Waals surface area (Å²) in [4.78, 5) is 58.2. The van der Waals surface area contributed by atoms with E-state index in [1.54, 1.807) is 78.7 Å². The number of amides is 2. The molecule has 0 N–H and O–H groups in total. The Morgan fingerprint density at radius 1 is 0.496 bits per heavy atom. The van der Waals surface area contributed by atoms with Gasteiger partial charge in [0.2, 0.25) is 12.7 Å². The number of nitro groups is 2. The standard InChI is InChI=1S/C15H20FNO2.C15H20N2O4.C11H15FO2S.C11H14O2.C10H13NO2.C10H15NO.C8H14N2.C6H12N4/c1-15(2,3)11-4-5-12(13(16)10-11)14(18)17-6-8-19-9-7-17;1-15(2,3)11-4-5-12(13(10-11)17(19)20)14(18)16-6-8-21-9-7-16;1-11(2,3)8-5-6-9(12)10(7-8)15(4,13)14;1-11(2,3)8-4-5-9-10(6-8)13-7-12-9;1-10(2,3)8-4-6-9(7-5-8)11(12)13;1-10(2,3)8-5-6-11-9(7-8)12-4;1-8(2,3)7-5-10(4)6-9-7;1-6(2,3)5-7-9-10(4)8-5/h4-5,10H,6-9H2,1-3H3;4-5,10H,6-9H2,1-3H3;5-7H,1-4H3;4-6H,7H2,1-3H3;4-7H,1-3H3;5-7H,1-4H3;5-6H,1-4H3;1-4H3. The van der Waals surface area contributed by atoms with E-state index in [1.165, 1.54) is 40.2 Å². The smallest absolute Gasteiger partial charge is 0.282 e. The predicted molar refractivity (Wildman–Crippen MR) is 441 cm³/mol. The molecule has 0 atom stereocenters. The summed E-state index contributed by atoms with van der Waals surface area (Å²) in [6.07, 6.45) is 6.68. The van der Waals surface area contributed by atoms with Gasteiger partial charge in [-0.15, -0.1) is 10.2 Å². The minimum Gasteiger partial charge on any atom is -0.481 e. The number of carbonyl (C=O) groups is 2. The number of morpholine rings is 2. The van der Waals surface area contributed by atoms with Gasteiger partial charge >= 0.3 is 0 Å². The lowest BCUT2D eigenvalue weighted by Crippen LogP contribution is -2.41. The number of tetrazole rings is 1. The molecule has 3 aromatic heterocycles. The Morgan fingerprint density at radius 3 is 1.33 bits per heavy atom. The van der Waals surface area contributed by atoms with Crippen molar-refractivity contribution in [2.75, 3.05) is 72.8 Å². The number of aryl methyl sites for hydroxylation is 2. The van der Waals surface area contributed by atoms with E-state index in [4.69, 9.17) is 23.7 Å². The molecule has 0 unspecified atom stereocenters. The maximum Gasteiger partial charge on any atom is 0.282 e. The lowest BCUT2D eigenvalue weighted by Gasteiger charge is -2.27. The van der Waals surface area contributed by atoms with Crippen LogP contribution in [-0.2, 0) is 76.7 Å². The number of benzene rings is 5. The van der Waals surface area contributed by atoms with Crippen LogP contribution in [0, 0.1) is 31.9 Å². The van der Waals surface area contributed by atoms with Crippen LogP contribution in [0.25, 0.3) is 0 Å². The summed E-state index contributed by atoms with van der Waals surface area (Å²) in [5, 5.41) is 33.4. The minimum absolute atomic E-state index is 0.00819. The Bertz CT molecular complexity index is 4500. The van der Waals surface area contributed by atoms with Crippen molar-refractivity contribution in [2.45, 2.75) is 214 Å². The summed E-state index contributed by atoms with van der Waals surface area (Å²) in [7, 11) is 1.90. The van der Waals surface area contributed by atoms with E-state index >= 15 is 0 Å². The second-order valence-electron chi connectivity index (χ2n) is 35.9. The molecule has 2 fully saturated rings. The molecular weight excluding hydrogens is 1470 g/mol. The highest BCUT2D eigenvalue weighted by atomic mass is 32.2. The average molecular weight is 1590 g/mol. The fourth-order valence-electron chi connectivity index (χ4n) is 10.4. The van der Waals surface area contributed by atoms with Gasteiger partial charge in [0.15, 0.2) is 27.2 Å². The van der Waals surface area contributed by atoms with Crippen molar-refractivity contribution >= 4 is 33.0 Å². The summed E-state index contributed by atoms with van der Waals surface area (Å²) < 4.78 is 77.9. The van der Waals surface area contributed by atoms with Crippen molar-refractivity contribution < 1.29 is 60.3 Å². The molecule has 0 aliphatic carbocycles. The Balaban J connectivity index is 0.000000276. The van der Waals surface area contributed by atoms with Crippen molar-refractivity contribution in [3.63, 3.8) is 0 Å². The Hall–Kier alpha value is -9.60. The second-order valence-corrected chi connectivity index (χ2v) is 37.9. The molecule has 2 amide bonds. The highest BCUT2D eigenvalue weighted by Crippen LogP contribution is 2.37. The molecule has 11 rings (SSSR count). The molecule has 3 aliphatic heterocycles. The van der Waals surface area contributed by atoms with Gasteiger partial charge in [-0.1, -0.05) is 203 Å². The van der Waals surface area contributed by atoms with Crippen LogP contribution in [0.2, 0.25) is 0 Å². The first-order valence-electron chi connectivity index (χ1n) is 37.6. The lowest BCUT2D eigenvalue weighted by atomic mass is 9.86. The molecule has 0 saturated carbocycles. The molecule has 2 saturated heterocycles. The van der Waals surface area contributed by atoms with E-state index in [-0.39, 0.29) is 87.5 Å². The number of hydrogen-bond donors (Lipinski definition) is 0. The number of fused-ring (bicyclic) bond motifs is 1. The van der Waals surface area contributed by atoms with Crippen molar-refractivity contribution in [3.8, 4) is 17.4 Å². The normalized spacial score (nSPS) is 13.8. The minimum atomic E-state index is -3.49. The first kappa shape index (κ1) is 95.8. The number of pyridine rings is 1. The van der Waals surface area contributed by atoms with Crippen molar-refractivity contribution in [1.29, 1.82) is 0 Å². The highest BCUT2D eigenvalue weighted by Gasteiger charge is 2.30. The largest absolute Gasteiger partial charge is 0.481 e. The first-order chi connectivity index (χ1) is 51.8. The SMILES string of the molecule is CC(C)(C)c1ccc(C(=O)N2CCOCC2)c(F)c1.CC(C)(C)c1ccc(C(=O)N2CCOCC2)c([N+](=O)[O-])c1.CC(C)(C)c1ccc(F)c(S(C)(=O)=O)c1.CC(C)(C)c1ccc([N+](=O)[O-])cc1.CC(C)(C)c1ccc2c(c1)OCO2.COc1cc(C(C)(C)C)ccn1.Cn1cnc(C(C)(C)C)c1.Cn1nnc(C(C)(C)C)n1. The number of hydrogen-bond acceptors (Lipinski definition) is 18. The molecular formula is C86H123F2N11O13S. The van der Waals surface area contributed by atoms with E-state index < -0.39 is 26.4 Å². The molecule has 8 aromatic rings. The van der Waals surface area contributed by atoms with Crippen molar-refractivity contribution in [3.05, 3.63) is 216 Å². The van der Waals surface area contributed by atoms with Crippen LogP contribution in [0.4, 0.5) is 20.2 Å². The van der Waals surface area contributed by atoms with Gasteiger partial charge in [-0.25, -0.2) is 27.2 Å². The van der Waals surface area contributed by atoms with E-state index in [1.807, 2.05) is 105 Å². The first-order valence-corrected chi connectivity index (χ1v) is 39.4. The summed E-state index contributed by atoms with van der Waals surface area (Å²) in [6.45, 7) is 54.1. The van der Waals surface area contributed by atoms with Crippen LogP contribution in [0.3, 0.4) is 0 Å². The fraction of sp³-hybridized carbons (Fsp3) is 0.523. The summed E-state index contributed by atoms with van der Waals surface area (Å²) >= 11 is 0.